The first-order chi connectivity index (χ1) is 8.92. The first-order valence-corrected chi connectivity index (χ1v) is 7.15. The molecule has 2 atom stereocenters. The Labute approximate surface area is 121 Å². The number of nitrogens with one attached hydrogen (secondary N) is 1. The van der Waals surface area contributed by atoms with Gasteiger partial charge in [0, 0.05) is 0 Å². The van der Waals surface area contributed by atoms with Crippen molar-refractivity contribution >= 4 is 12.1 Å². The van der Waals surface area contributed by atoms with Crippen molar-refractivity contribution in [3.05, 3.63) is 0 Å². The van der Waals surface area contributed by atoms with Crippen molar-refractivity contribution in [2.75, 3.05) is 0 Å². The molecular weight excluding hydrogens is 258 g/mol. The minimum absolute atomic E-state index is 0.0699. The Bertz CT molecular complexity index is 397. The van der Waals surface area contributed by atoms with Gasteiger partial charge in [0.25, 0.3) is 0 Å². The lowest BCUT2D eigenvalue weighted by atomic mass is 9.83. The van der Waals surface area contributed by atoms with Crippen LogP contribution in [0.1, 0.15) is 60.8 Å². The van der Waals surface area contributed by atoms with Gasteiger partial charge in [0.05, 0.1) is 12.0 Å². The molecule has 0 saturated heterocycles. The number of rotatable bonds is 5. The van der Waals surface area contributed by atoms with Gasteiger partial charge >= 0.3 is 12.1 Å². The molecule has 5 heteroatoms. The molecule has 1 fully saturated rings. The maximum Gasteiger partial charge on any atom is 0.408 e. The SMILES string of the molecule is CCC(CC(=O)O)(NC(=O)OC(C)(C)C)C1CC1(C)C. The summed E-state index contributed by atoms with van der Waals surface area (Å²) < 4.78 is 5.28. The molecule has 0 bridgehead atoms. The van der Waals surface area contributed by atoms with E-state index in [2.05, 4.69) is 19.2 Å². The lowest BCUT2D eigenvalue weighted by molar-refractivity contribution is -0.139. The van der Waals surface area contributed by atoms with E-state index in [-0.39, 0.29) is 17.8 Å². The van der Waals surface area contributed by atoms with E-state index in [0.717, 1.165) is 6.42 Å². The minimum Gasteiger partial charge on any atom is -0.481 e. The Balaban J connectivity index is 2.88. The second-order valence-corrected chi connectivity index (χ2v) is 7.45. The number of amides is 1. The van der Waals surface area contributed by atoms with Crippen LogP contribution in [0.4, 0.5) is 4.79 Å². The van der Waals surface area contributed by atoms with Crippen molar-refractivity contribution in [1.82, 2.24) is 5.32 Å². The van der Waals surface area contributed by atoms with Gasteiger partial charge in [-0.3, -0.25) is 4.79 Å². The zero-order chi connectivity index (χ0) is 15.8. The third kappa shape index (κ3) is 4.12. The number of hydrogen-bond acceptors (Lipinski definition) is 3. The first-order valence-electron chi connectivity index (χ1n) is 7.15. The second-order valence-electron chi connectivity index (χ2n) is 7.45. The molecule has 5 nitrogen and oxygen atoms in total. The largest absolute Gasteiger partial charge is 0.481 e. The lowest BCUT2D eigenvalue weighted by Gasteiger charge is -2.35. The lowest BCUT2D eigenvalue weighted by Crippen LogP contribution is -2.53. The van der Waals surface area contributed by atoms with Crippen LogP contribution in [0.5, 0.6) is 0 Å². The number of carboxylic acid groups (broad SMARTS) is 1. The van der Waals surface area contributed by atoms with Gasteiger partial charge in [-0.05, 0) is 44.9 Å². The maximum atomic E-state index is 12.0. The Morgan fingerprint density at radius 2 is 1.85 bits per heavy atom. The van der Waals surface area contributed by atoms with Crippen LogP contribution >= 0.6 is 0 Å². The van der Waals surface area contributed by atoms with Gasteiger partial charge in [-0.1, -0.05) is 20.8 Å². The average Bonchev–Trinajstić information content (AvgIpc) is 2.83. The monoisotopic (exact) mass is 285 g/mol. The van der Waals surface area contributed by atoms with Crippen molar-refractivity contribution in [2.24, 2.45) is 11.3 Å². The molecule has 0 heterocycles. The Morgan fingerprint density at radius 3 is 2.15 bits per heavy atom. The predicted octanol–water partition coefficient (Wildman–Crippen LogP) is 3.18. The van der Waals surface area contributed by atoms with Gasteiger partial charge in [-0.15, -0.1) is 0 Å². The first kappa shape index (κ1) is 16.8. The Kier molecular flexibility index (Phi) is 4.42. The van der Waals surface area contributed by atoms with E-state index < -0.39 is 23.2 Å². The zero-order valence-electron chi connectivity index (χ0n) is 13.4. The van der Waals surface area contributed by atoms with Gasteiger partial charge < -0.3 is 15.2 Å². The van der Waals surface area contributed by atoms with E-state index in [1.165, 1.54) is 0 Å². The topological polar surface area (TPSA) is 75.6 Å². The van der Waals surface area contributed by atoms with E-state index in [9.17, 15) is 14.7 Å². The van der Waals surface area contributed by atoms with Crippen molar-refractivity contribution in [2.45, 2.75) is 71.9 Å². The molecule has 20 heavy (non-hydrogen) atoms. The van der Waals surface area contributed by atoms with Crippen LogP contribution in [0.25, 0.3) is 0 Å². The van der Waals surface area contributed by atoms with Gasteiger partial charge in [0.15, 0.2) is 0 Å². The number of alkyl carbamates (subject to hydrolysis) is 1. The van der Waals surface area contributed by atoms with Gasteiger partial charge in [-0.25, -0.2) is 4.79 Å². The van der Waals surface area contributed by atoms with Crippen molar-refractivity contribution in [3.63, 3.8) is 0 Å². The third-order valence-corrected chi connectivity index (χ3v) is 4.03. The highest BCUT2D eigenvalue weighted by molar-refractivity contribution is 5.73. The summed E-state index contributed by atoms with van der Waals surface area (Å²) in [6, 6.07) is 0. The number of carbonyl (C=O) groups is 2. The van der Waals surface area contributed by atoms with E-state index in [1.54, 1.807) is 20.8 Å². The summed E-state index contributed by atoms with van der Waals surface area (Å²) in [5.41, 5.74) is -1.25. The van der Waals surface area contributed by atoms with Crippen molar-refractivity contribution in [3.8, 4) is 0 Å². The molecule has 2 N–H and O–H groups in total. The van der Waals surface area contributed by atoms with Crippen LogP contribution in [0, 0.1) is 11.3 Å². The average molecular weight is 285 g/mol. The maximum absolute atomic E-state index is 12.0. The van der Waals surface area contributed by atoms with E-state index in [1.807, 2.05) is 6.92 Å². The van der Waals surface area contributed by atoms with E-state index in [4.69, 9.17) is 4.74 Å². The molecule has 0 radical (unpaired) electrons. The second kappa shape index (κ2) is 5.26. The Morgan fingerprint density at radius 1 is 1.35 bits per heavy atom. The molecule has 0 aromatic rings. The predicted molar refractivity (Wildman–Crippen MR) is 76.5 cm³/mol. The molecule has 0 aromatic heterocycles. The van der Waals surface area contributed by atoms with Crippen LogP contribution in [0.3, 0.4) is 0 Å². The molecule has 2 unspecified atom stereocenters. The zero-order valence-corrected chi connectivity index (χ0v) is 13.4. The van der Waals surface area contributed by atoms with Gasteiger partial charge in [0.1, 0.15) is 5.60 Å². The summed E-state index contributed by atoms with van der Waals surface area (Å²) in [6.45, 7) is 11.5. The fourth-order valence-electron chi connectivity index (χ4n) is 2.90. The highest BCUT2D eigenvalue weighted by atomic mass is 16.6. The summed E-state index contributed by atoms with van der Waals surface area (Å²) in [4.78, 5) is 23.2. The molecule has 0 aromatic carbocycles. The number of ether oxygens (including phenoxy) is 1. The van der Waals surface area contributed by atoms with E-state index in [0.29, 0.717) is 6.42 Å². The highest BCUT2D eigenvalue weighted by Crippen LogP contribution is 2.59. The summed E-state index contributed by atoms with van der Waals surface area (Å²) in [5, 5.41) is 12.0. The fourth-order valence-corrected chi connectivity index (χ4v) is 2.90. The van der Waals surface area contributed by atoms with Crippen molar-refractivity contribution < 1.29 is 19.4 Å². The summed E-state index contributed by atoms with van der Waals surface area (Å²) in [5.74, 6) is -0.728. The third-order valence-electron chi connectivity index (χ3n) is 4.03. The quantitative estimate of drug-likeness (QED) is 0.813. The van der Waals surface area contributed by atoms with Crippen LogP contribution in [0.2, 0.25) is 0 Å². The number of aliphatic carboxylic acids is 1. The van der Waals surface area contributed by atoms with Crippen molar-refractivity contribution in [1.29, 1.82) is 0 Å². The van der Waals surface area contributed by atoms with Crippen LogP contribution in [-0.2, 0) is 9.53 Å². The molecule has 1 saturated carbocycles. The standard InChI is InChI=1S/C15H27NO4/c1-7-15(9-11(17)18,10-8-14(10,5)6)16-12(19)20-13(2,3)4/h10H,7-9H2,1-6H3,(H,16,19)(H,17,18). The molecule has 0 spiro atoms. The molecule has 116 valence electrons. The van der Waals surface area contributed by atoms with Crippen LogP contribution < -0.4 is 5.32 Å². The molecule has 1 amide bonds. The smallest absolute Gasteiger partial charge is 0.408 e. The number of carbonyl (C=O) groups excluding carboxylic acids is 1. The molecule has 1 aliphatic rings. The number of hydrogen-bond donors (Lipinski definition) is 2. The normalized spacial score (nSPS) is 23.6. The highest BCUT2D eigenvalue weighted by Gasteiger charge is 2.58. The molecule has 1 rings (SSSR count). The summed E-state index contributed by atoms with van der Waals surface area (Å²) in [7, 11) is 0. The molecule has 1 aliphatic carbocycles. The Hall–Kier alpha value is -1.26. The van der Waals surface area contributed by atoms with Gasteiger partial charge in [0.2, 0.25) is 0 Å². The van der Waals surface area contributed by atoms with Gasteiger partial charge in [-0.2, -0.15) is 0 Å². The fraction of sp³-hybridized carbons (Fsp3) is 0.867. The van der Waals surface area contributed by atoms with E-state index >= 15 is 0 Å². The van der Waals surface area contributed by atoms with Crippen LogP contribution in [-0.4, -0.2) is 28.3 Å². The molecular formula is C15H27NO4. The summed E-state index contributed by atoms with van der Waals surface area (Å²) in [6.07, 6.45) is 0.885. The molecule has 0 aliphatic heterocycles. The minimum atomic E-state index is -0.898. The summed E-state index contributed by atoms with van der Waals surface area (Å²) >= 11 is 0. The number of carboxylic acids is 1. The van der Waals surface area contributed by atoms with Crippen LogP contribution in [0.15, 0.2) is 0 Å².